The molecular weight excluding hydrogens is 138 g/mol. The second-order valence-corrected chi connectivity index (χ2v) is 3.81. The van der Waals surface area contributed by atoms with Crippen LogP contribution in [0.25, 0.3) is 0 Å². The quantitative estimate of drug-likeness (QED) is 0.610. The van der Waals surface area contributed by atoms with Crippen molar-refractivity contribution in [3.63, 3.8) is 0 Å². The van der Waals surface area contributed by atoms with Crippen LogP contribution in [0.3, 0.4) is 0 Å². The highest BCUT2D eigenvalue weighted by Gasteiger charge is 2.34. The molecule has 0 aromatic rings. The normalized spacial score (nSPS) is 40.1. The fourth-order valence-corrected chi connectivity index (χ4v) is 2.14. The molecule has 0 radical (unpaired) electrons. The number of piperidine rings is 1. The Balaban J connectivity index is 1.83. The standard InChI is InChI=1S/C9H17NO/c11-9-5-4-8(9)10-6-2-1-3-7-10/h8-9,11H,1-7H2/t8-,9-/m1/s1. The first kappa shape index (κ1) is 7.56. The summed E-state index contributed by atoms with van der Waals surface area (Å²) >= 11 is 0. The maximum atomic E-state index is 9.42. The number of aliphatic hydroxyl groups excluding tert-OH is 1. The molecule has 1 aliphatic heterocycles. The Morgan fingerprint density at radius 1 is 1.00 bits per heavy atom. The lowest BCUT2D eigenvalue weighted by atomic mass is 9.86. The summed E-state index contributed by atoms with van der Waals surface area (Å²) in [6, 6.07) is 0.523. The third kappa shape index (κ3) is 1.42. The first-order chi connectivity index (χ1) is 5.38. The minimum absolute atomic E-state index is 0.00639. The number of hydrogen-bond acceptors (Lipinski definition) is 2. The smallest absolute Gasteiger partial charge is 0.0696 e. The fraction of sp³-hybridized carbons (Fsp3) is 1.00. The molecule has 64 valence electrons. The molecule has 11 heavy (non-hydrogen) atoms. The Kier molecular flexibility index (Phi) is 2.14. The van der Waals surface area contributed by atoms with Gasteiger partial charge in [0.25, 0.3) is 0 Å². The van der Waals surface area contributed by atoms with E-state index in [9.17, 15) is 5.11 Å². The first-order valence-corrected chi connectivity index (χ1v) is 4.80. The van der Waals surface area contributed by atoms with Gasteiger partial charge in [0.2, 0.25) is 0 Å². The number of likely N-dealkylation sites (tertiary alicyclic amines) is 1. The van der Waals surface area contributed by atoms with Crippen LogP contribution >= 0.6 is 0 Å². The average molecular weight is 155 g/mol. The zero-order valence-electron chi connectivity index (χ0n) is 7.00. The van der Waals surface area contributed by atoms with Crippen LogP contribution in [0.1, 0.15) is 32.1 Å². The van der Waals surface area contributed by atoms with Crippen LogP contribution in [0.4, 0.5) is 0 Å². The van der Waals surface area contributed by atoms with Crippen LogP contribution in [-0.2, 0) is 0 Å². The molecule has 2 fully saturated rings. The highest BCUT2D eigenvalue weighted by Crippen LogP contribution is 2.27. The Morgan fingerprint density at radius 2 is 1.73 bits per heavy atom. The Labute approximate surface area is 68.2 Å². The second-order valence-electron chi connectivity index (χ2n) is 3.81. The van der Waals surface area contributed by atoms with Gasteiger partial charge in [-0.1, -0.05) is 6.42 Å². The minimum Gasteiger partial charge on any atom is -0.391 e. The van der Waals surface area contributed by atoms with Crippen molar-refractivity contribution in [1.82, 2.24) is 4.90 Å². The molecule has 2 atom stereocenters. The average Bonchev–Trinajstić information content (AvgIpc) is 2.04. The Hall–Kier alpha value is -0.0800. The van der Waals surface area contributed by atoms with Gasteiger partial charge in [-0.05, 0) is 38.8 Å². The van der Waals surface area contributed by atoms with Crippen molar-refractivity contribution < 1.29 is 5.11 Å². The predicted octanol–water partition coefficient (Wildman–Crippen LogP) is 0.996. The number of hydrogen-bond donors (Lipinski definition) is 1. The highest BCUT2D eigenvalue weighted by molar-refractivity contribution is 4.89. The van der Waals surface area contributed by atoms with Crippen molar-refractivity contribution in [1.29, 1.82) is 0 Å². The molecular formula is C9H17NO. The molecule has 2 rings (SSSR count). The summed E-state index contributed by atoms with van der Waals surface area (Å²) in [5.74, 6) is 0. The van der Waals surface area contributed by atoms with Crippen molar-refractivity contribution in [3.05, 3.63) is 0 Å². The molecule has 1 heterocycles. The van der Waals surface area contributed by atoms with Gasteiger partial charge >= 0.3 is 0 Å². The van der Waals surface area contributed by atoms with Gasteiger partial charge in [0.05, 0.1) is 6.10 Å². The summed E-state index contributed by atoms with van der Waals surface area (Å²) in [7, 11) is 0. The van der Waals surface area contributed by atoms with Crippen LogP contribution in [0.2, 0.25) is 0 Å². The molecule has 0 aromatic heterocycles. The lowest BCUT2D eigenvalue weighted by molar-refractivity contribution is -0.0280. The van der Waals surface area contributed by atoms with E-state index in [1.807, 2.05) is 0 Å². The molecule has 0 spiro atoms. The molecule has 2 aliphatic rings. The summed E-state index contributed by atoms with van der Waals surface area (Å²) in [6.07, 6.45) is 6.31. The molecule has 0 bridgehead atoms. The van der Waals surface area contributed by atoms with Crippen LogP contribution in [0, 0.1) is 0 Å². The molecule has 1 saturated heterocycles. The van der Waals surface area contributed by atoms with E-state index < -0.39 is 0 Å². The van der Waals surface area contributed by atoms with E-state index in [1.54, 1.807) is 0 Å². The molecule has 2 nitrogen and oxygen atoms in total. The molecule has 2 heteroatoms. The maximum Gasteiger partial charge on any atom is 0.0696 e. The molecule has 1 N–H and O–H groups in total. The third-order valence-corrected chi connectivity index (χ3v) is 3.06. The van der Waals surface area contributed by atoms with Gasteiger partial charge < -0.3 is 5.11 Å². The van der Waals surface area contributed by atoms with Crippen molar-refractivity contribution in [2.75, 3.05) is 13.1 Å². The summed E-state index contributed by atoms with van der Waals surface area (Å²) in [4.78, 5) is 2.47. The zero-order valence-corrected chi connectivity index (χ0v) is 7.00. The second kappa shape index (κ2) is 3.11. The number of nitrogens with zero attached hydrogens (tertiary/aromatic N) is 1. The van der Waals surface area contributed by atoms with Gasteiger partial charge in [0.15, 0.2) is 0 Å². The van der Waals surface area contributed by atoms with Crippen LogP contribution in [-0.4, -0.2) is 35.2 Å². The van der Waals surface area contributed by atoms with E-state index in [-0.39, 0.29) is 6.10 Å². The molecule has 0 aromatic carbocycles. The van der Waals surface area contributed by atoms with E-state index >= 15 is 0 Å². The number of rotatable bonds is 1. The van der Waals surface area contributed by atoms with Gasteiger partial charge in [-0.25, -0.2) is 0 Å². The first-order valence-electron chi connectivity index (χ1n) is 4.80. The summed E-state index contributed by atoms with van der Waals surface area (Å²) in [5.41, 5.74) is 0. The lowest BCUT2D eigenvalue weighted by Gasteiger charge is -2.43. The van der Waals surface area contributed by atoms with Gasteiger partial charge in [-0.3, -0.25) is 4.90 Å². The molecule has 0 unspecified atom stereocenters. The molecule has 0 amide bonds. The minimum atomic E-state index is -0.00639. The van der Waals surface area contributed by atoms with E-state index in [0.717, 1.165) is 6.42 Å². The highest BCUT2D eigenvalue weighted by atomic mass is 16.3. The van der Waals surface area contributed by atoms with Crippen LogP contribution < -0.4 is 0 Å². The van der Waals surface area contributed by atoms with E-state index in [2.05, 4.69) is 4.90 Å². The summed E-state index contributed by atoms with van der Waals surface area (Å²) < 4.78 is 0. The van der Waals surface area contributed by atoms with Crippen LogP contribution in [0.5, 0.6) is 0 Å². The van der Waals surface area contributed by atoms with Crippen molar-refractivity contribution in [3.8, 4) is 0 Å². The predicted molar refractivity (Wildman–Crippen MR) is 44.5 cm³/mol. The van der Waals surface area contributed by atoms with Gasteiger partial charge in [-0.15, -0.1) is 0 Å². The maximum absolute atomic E-state index is 9.42. The Bertz CT molecular complexity index is 132. The fourth-order valence-electron chi connectivity index (χ4n) is 2.14. The Morgan fingerprint density at radius 3 is 2.18 bits per heavy atom. The topological polar surface area (TPSA) is 23.5 Å². The monoisotopic (exact) mass is 155 g/mol. The lowest BCUT2D eigenvalue weighted by Crippen LogP contribution is -2.52. The van der Waals surface area contributed by atoms with Crippen molar-refractivity contribution >= 4 is 0 Å². The SMILES string of the molecule is O[C@@H]1CC[C@H]1N1CCCCC1. The zero-order chi connectivity index (χ0) is 7.68. The largest absolute Gasteiger partial charge is 0.391 e. The van der Waals surface area contributed by atoms with E-state index in [1.165, 1.54) is 38.8 Å². The van der Waals surface area contributed by atoms with E-state index in [0.29, 0.717) is 6.04 Å². The third-order valence-electron chi connectivity index (χ3n) is 3.06. The molecule has 1 aliphatic carbocycles. The van der Waals surface area contributed by atoms with Gasteiger partial charge in [-0.2, -0.15) is 0 Å². The van der Waals surface area contributed by atoms with Gasteiger partial charge in [0, 0.05) is 6.04 Å². The van der Waals surface area contributed by atoms with E-state index in [4.69, 9.17) is 0 Å². The van der Waals surface area contributed by atoms with Crippen molar-refractivity contribution in [2.24, 2.45) is 0 Å². The van der Waals surface area contributed by atoms with Crippen molar-refractivity contribution in [2.45, 2.75) is 44.2 Å². The van der Waals surface area contributed by atoms with Crippen LogP contribution in [0.15, 0.2) is 0 Å². The number of aliphatic hydroxyl groups is 1. The summed E-state index contributed by atoms with van der Waals surface area (Å²) in [5, 5.41) is 9.42. The summed E-state index contributed by atoms with van der Waals surface area (Å²) in [6.45, 7) is 2.45. The van der Waals surface area contributed by atoms with Gasteiger partial charge in [0.1, 0.15) is 0 Å². The molecule has 1 saturated carbocycles.